The maximum Gasteiger partial charge on any atom is 0.293 e. The average molecular weight is 445 g/mol. The molecular weight excluding hydrogens is 430 g/mol. The maximum absolute atomic E-state index is 12.8. The van der Waals surface area contributed by atoms with Crippen molar-refractivity contribution in [2.75, 3.05) is 0 Å². The van der Waals surface area contributed by atoms with Crippen molar-refractivity contribution in [3.05, 3.63) is 92.1 Å². The van der Waals surface area contributed by atoms with E-state index in [9.17, 15) is 25.0 Å². The predicted octanol–water partition coefficient (Wildman–Crippen LogP) is 5.27. The van der Waals surface area contributed by atoms with Gasteiger partial charge in [-0.05, 0) is 54.1 Å². The maximum atomic E-state index is 12.8. The summed E-state index contributed by atoms with van der Waals surface area (Å²) in [6.45, 7) is 1.76. The number of hydrogen-bond acceptors (Lipinski definition) is 7. The molecule has 1 fully saturated rings. The van der Waals surface area contributed by atoms with Gasteiger partial charge in [0, 0.05) is 23.8 Å². The quantitative estimate of drug-likeness (QED) is 0.298. The smallest absolute Gasteiger partial charge is 0.293 e. The number of amides is 2. The number of non-ortho nitro benzene ring substituents is 1. The van der Waals surface area contributed by atoms with Crippen molar-refractivity contribution in [1.29, 1.82) is 5.26 Å². The molecular formula is C23H15N3O5S. The van der Waals surface area contributed by atoms with Gasteiger partial charge in [-0.2, -0.15) is 5.26 Å². The highest BCUT2D eigenvalue weighted by molar-refractivity contribution is 8.18. The van der Waals surface area contributed by atoms with Crippen molar-refractivity contribution in [2.24, 2.45) is 0 Å². The largest absolute Gasteiger partial charge is 0.457 e. The lowest BCUT2D eigenvalue weighted by atomic mass is 10.1. The number of aryl methyl sites for hydroxylation is 1. The number of benzene rings is 2. The highest BCUT2D eigenvalue weighted by atomic mass is 32.2. The summed E-state index contributed by atoms with van der Waals surface area (Å²) >= 11 is 0.803. The number of nitro benzene ring substituents is 1. The summed E-state index contributed by atoms with van der Waals surface area (Å²) in [5.74, 6) is 0.406. The zero-order valence-electron chi connectivity index (χ0n) is 16.8. The molecule has 1 aromatic heterocycles. The minimum Gasteiger partial charge on any atom is -0.457 e. The fourth-order valence-electron chi connectivity index (χ4n) is 3.32. The Kier molecular flexibility index (Phi) is 5.62. The molecule has 4 rings (SSSR count). The lowest BCUT2D eigenvalue weighted by Crippen LogP contribution is -2.27. The monoisotopic (exact) mass is 445 g/mol. The summed E-state index contributed by atoms with van der Waals surface area (Å²) in [6.07, 6.45) is 1.49. The van der Waals surface area contributed by atoms with Gasteiger partial charge in [-0.25, -0.2) is 0 Å². The van der Waals surface area contributed by atoms with Crippen LogP contribution in [0.15, 0.2) is 63.9 Å². The second kappa shape index (κ2) is 8.53. The molecule has 2 heterocycles. The van der Waals surface area contributed by atoms with Crippen LogP contribution in [0.5, 0.6) is 0 Å². The van der Waals surface area contributed by atoms with Gasteiger partial charge in [-0.3, -0.25) is 24.6 Å². The van der Waals surface area contributed by atoms with Crippen LogP contribution in [0.1, 0.15) is 22.5 Å². The Balaban J connectivity index is 1.56. The number of hydrogen-bond donors (Lipinski definition) is 0. The Morgan fingerprint density at radius 3 is 2.69 bits per heavy atom. The van der Waals surface area contributed by atoms with Gasteiger partial charge in [0.15, 0.2) is 0 Å². The third kappa shape index (κ3) is 4.04. The van der Waals surface area contributed by atoms with Gasteiger partial charge in [-0.1, -0.05) is 18.2 Å². The first-order valence-corrected chi connectivity index (χ1v) is 10.3. The summed E-state index contributed by atoms with van der Waals surface area (Å²) < 4.78 is 5.80. The predicted molar refractivity (Wildman–Crippen MR) is 118 cm³/mol. The van der Waals surface area contributed by atoms with Gasteiger partial charge in [0.25, 0.3) is 16.8 Å². The van der Waals surface area contributed by atoms with Crippen LogP contribution in [-0.2, 0) is 11.3 Å². The van der Waals surface area contributed by atoms with Crippen LogP contribution >= 0.6 is 11.8 Å². The molecule has 0 aliphatic carbocycles. The van der Waals surface area contributed by atoms with E-state index in [4.69, 9.17) is 4.42 Å². The topological polar surface area (TPSA) is 117 Å². The van der Waals surface area contributed by atoms with Crippen LogP contribution in [0.4, 0.5) is 10.5 Å². The second-order valence-electron chi connectivity index (χ2n) is 7.00. The van der Waals surface area contributed by atoms with Crippen molar-refractivity contribution >= 4 is 34.7 Å². The van der Waals surface area contributed by atoms with Gasteiger partial charge >= 0.3 is 0 Å². The molecule has 0 unspecified atom stereocenters. The Bertz CT molecular complexity index is 1340. The summed E-state index contributed by atoms with van der Waals surface area (Å²) in [7, 11) is 0. The number of imide groups is 1. The number of nitro groups is 1. The highest BCUT2D eigenvalue weighted by Gasteiger charge is 2.35. The van der Waals surface area contributed by atoms with E-state index in [0.29, 0.717) is 33.8 Å². The first-order valence-electron chi connectivity index (χ1n) is 9.46. The molecule has 158 valence electrons. The molecule has 1 aliphatic heterocycles. The Labute approximate surface area is 186 Å². The molecule has 0 atom stereocenters. The van der Waals surface area contributed by atoms with E-state index < -0.39 is 16.1 Å². The molecule has 0 bridgehead atoms. The molecule has 0 radical (unpaired) electrons. The van der Waals surface area contributed by atoms with Crippen LogP contribution in [0.3, 0.4) is 0 Å². The molecule has 2 aromatic carbocycles. The zero-order valence-corrected chi connectivity index (χ0v) is 17.6. The summed E-state index contributed by atoms with van der Waals surface area (Å²) in [4.78, 5) is 37.0. The fraction of sp³-hybridized carbons (Fsp3) is 0.0870. The normalized spacial score (nSPS) is 14.8. The third-order valence-corrected chi connectivity index (χ3v) is 5.83. The highest BCUT2D eigenvalue weighted by Crippen LogP contribution is 2.35. The molecule has 0 N–H and O–H groups in total. The minimum absolute atomic E-state index is 0.00956. The zero-order chi connectivity index (χ0) is 22.8. The Hall–Kier alpha value is -4.16. The Morgan fingerprint density at radius 2 is 1.97 bits per heavy atom. The summed E-state index contributed by atoms with van der Waals surface area (Å²) in [5, 5.41) is 19.7. The number of carbonyl (C=O) groups is 2. The fourth-order valence-corrected chi connectivity index (χ4v) is 4.13. The van der Waals surface area contributed by atoms with Crippen LogP contribution in [0, 0.1) is 28.4 Å². The van der Waals surface area contributed by atoms with E-state index in [2.05, 4.69) is 6.07 Å². The van der Waals surface area contributed by atoms with Gasteiger partial charge in [-0.15, -0.1) is 0 Å². The van der Waals surface area contributed by atoms with Crippen LogP contribution in [0.25, 0.3) is 17.4 Å². The number of rotatable bonds is 5. The van der Waals surface area contributed by atoms with Gasteiger partial charge in [0.1, 0.15) is 11.5 Å². The molecule has 2 amide bonds. The number of furan rings is 1. The second-order valence-corrected chi connectivity index (χ2v) is 7.99. The number of carbonyl (C=O) groups excluding carboxylic acids is 2. The van der Waals surface area contributed by atoms with E-state index in [0.717, 1.165) is 16.7 Å². The number of thioether (sulfide) groups is 1. The van der Waals surface area contributed by atoms with E-state index in [1.54, 1.807) is 49.4 Å². The SMILES string of the molecule is Cc1cc([N+](=O)[O-])ccc1-c1ccc(/C=C2\SC(=O)N(Cc3ccccc3C#N)C2=O)o1. The molecule has 0 saturated carbocycles. The lowest BCUT2D eigenvalue weighted by molar-refractivity contribution is -0.384. The van der Waals surface area contributed by atoms with Crippen molar-refractivity contribution in [3.8, 4) is 17.4 Å². The first-order chi connectivity index (χ1) is 15.4. The molecule has 1 aliphatic rings. The number of nitrogens with zero attached hydrogens (tertiary/aromatic N) is 3. The lowest BCUT2D eigenvalue weighted by Gasteiger charge is -2.13. The summed E-state index contributed by atoms with van der Waals surface area (Å²) in [6, 6.07) is 16.7. The molecule has 3 aromatic rings. The van der Waals surface area contributed by atoms with Gasteiger partial charge in [0.05, 0.1) is 28.0 Å². The van der Waals surface area contributed by atoms with Gasteiger partial charge < -0.3 is 4.42 Å². The van der Waals surface area contributed by atoms with Crippen molar-refractivity contribution in [1.82, 2.24) is 4.90 Å². The first kappa shape index (κ1) is 21.1. The van der Waals surface area contributed by atoms with Crippen LogP contribution < -0.4 is 0 Å². The Morgan fingerprint density at radius 1 is 1.19 bits per heavy atom. The van der Waals surface area contributed by atoms with E-state index in [1.807, 2.05) is 0 Å². The van der Waals surface area contributed by atoms with Crippen LogP contribution in [-0.4, -0.2) is 21.0 Å². The third-order valence-electron chi connectivity index (χ3n) is 4.93. The minimum atomic E-state index is -0.463. The average Bonchev–Trinajstić information content (AvgIpc) is 3.34. The van der Waals surface area contributed by atoms with E-state index in [1.165, 1.54) is 18.2 Å². The molecule has 32 heavy (non-hydrogen) atoms. The van der Waals surface area contributed by atoms with Gasteiger partial charge in [0.2, 0.25) is 0 Å². The molecule has 0 spiro atoms. The van der Waals surface area contributed by atoms with E-state index in [-0.39, 0.29) is 17.1 Å². The van der Waals surface area contributed by atoms with Crippen molar-refractivity contribution < 1.29 is 18.9 Å². The standard InChI is InChI=1S/C23H15N3O5S/c1-14-10-17(26(29)30)6-8-19(14)20-9-7-18(31-20)11-21-22(27)25(23(28)32-21)13-16-5-3-2-4-15(16)12-24/h2-11H,13H2,1H3/b21-11-. The molecule has 1 saturated heterocycles. The van der Waals surface area contributed by atoms with Crippen LogP contribution in [0.2, 0.25) is 0 Å². The number of nitriles is 1. The van der Waals surface area contributed by atoms with Crippen molar-refractivity contribution in [3.63, 3.8) is 0 Å². The summed E-state index contributed by atoms with van der Waals surface area (Å²) in [5.41, 5.74) is 2.36. The van der Waals surface area contributed by atoms with Crippen molar-refractivity contribution in [2.45, 2.75) is 13.5 Å². The molecule has 9 heteroatoms. The van der Waals surface area contributed by atoms with E-state index >= 15 is 0 Å². The molecule has 8 nitrogen and oxygen atoms in total.